The van der Waals surface area contributed by atoms with Crippen molar-refractivity contribution in [3.05, 3.63) is 83.4 Å². The van der Waals surface area contributed by atoms with Gasteiger partial charge in [-0.2, -0.15) is 0 Å². The van der Waals surface area contributed by atoms with Crippen LogP contribution in [0.4, 0.5) is 21.9 Å². The van der Waals surface area contributed by atoms with E-state index in [4.69, 9.17) is 4.74 Å². The van der Waals surface area contributed by atoms with Gasteiger partial charge in [0.2, 0.25) is 0 Å². The number of carbonyl (C=O) groups is 2. The lowest BCUT2D eigenvalue weighted by Crippen LogP contribution is -2.25. The summed E-state index contributed by atoms with van der Waals surface area (Å²) in [5, 5.41) is 2.80. The molecular weight excluding hydrogens is 442 g/mol. The number of hydrogen-bond donors (Lipinski definition) is 2. The second kappa shape index (κ2) is 8.95. The lowest BCUT2D eigenvalue weighted by atomic mass is 10.1. The molecule has 0 bridgehead atoms. The maximum Gasteiger partial charge on any atom is 0.414 e. The number of amides is 2. The number of ether oxygens (including phenoxy) is 1. The Kier molecular flexibility index (Phi) is 6.06. The summed E-state index contributed by atoms with van der Waals surface area (Å²) in [6, 6.07) is 18.0. The van der Waals surface area contributed by atoms with E-state index in [-0.39, 0.29) is 4.90 Å². The molecule has 1 saturated heterocycles. The van der Waals surface area contributed by atoms with Crippen LogP contribution in [0.1, 0.15) is 21.5 Å². The average molecular weight is 466 g/mol. The molecule has 1 fully saturated rings. The fourth-order valence-electron chi connectivity index (χ4n) is 3.41. The molecule has 0 aliphatic carbocycles. The number of aryl methyl sites for hydroxylation is 2. The van der Waals surface area contributed by atoms with Crippen LogP contribution in [-0.4, -0.2) is 33.6 Å². The molecule has 0 atom stereocenters. The molecule has 4 rings (SSSR count). The number of nitrogens with one attached hydrogen (secondary N) is 2. The molecule has 2 amide bonds. The van der Waals surface area contributed by atoms with E-state index >= 15 is 0 Å². The van der Waals surface area contributed by atoms with Crippen molar-refractivity contribution in [2.24, 2.45) is 0 Å². The van der Waals surface area contributed by atoms with Gasteiger partial charge in [-0.3, -0.25) is 14.4 Å². The minimum Gasteiger partial charge on any atom is -0.447 e. The zero-order chi connectivity index (χ0) is 23.6. The third-order valence-electron chi connectivity index (χ3n) is 5.39. The van der Waals surface area contributed by atoms with Gasteiger partial charge in [-0.15, -0.1) is 0 Å². The van der Waals surface area contributed by atoms with Crippen molar-refractivity contribution in [2.45, 2.75) is 18.7 Å². The minimum atomic E-state index is -3.75. The Bertz CT molecular complexity index is 1320. The first-order valence-electron chi connectivity index (χ1n) is 10.3. The largest absolute Gasteiger partial charge is 0.447 e. The Hall–Kier alpha value is -3.85. The zero-order valence-corrected chi connectivity index (χ0v) is 19.0. The van der Waals surface area contributed by atoms with Crippen molar-refractivity contribution in [3.63, 3.8) is 0 Å². The normalized spacial score (nSPS) is 13.5. The van der Waals surface area contributed by atoms with Crippen molar-refractivity contribution in [1.29, 1.82) is 0 Å². The first-order chi connectivity index (χ1) is 15.7. The quantitative estimate of drug-likeness (QED) is 0.564. The molecule has 33 heavy (non-hydrogen) atoms. The summed E-state index contributed by atoms with van der Waals surface area (Å²) in [5.74, 6) is -0.390. The van der Waals surface area contributed by atoms with Crippen LogP contribution in [0.25, 0.3) is 0 Å². The molecule has 0 spiro atoms. The molecule has 8 nitrogen and oxygen atoms in total. The molecule has 1 aliphatic heterocycles. The topological polar surface area (TPSA) is 105 Å². The standard InChI is InChI=1S/C24H23N3O5S/c1-16-7-12-20(15-17(16)2)33(30,31)26-19-10-8-18(9-11-19)23(28)25-21-5-3-4-6-22(21)27-13-14-32-24(27)29/h3-12,15,26H,13-14H2,1-2H3,(H,25,28). The Morgan fingerprint density at radius 2 is 1.70 bits per heavy atom. The lowest BCUT2D eigenvalue weighted by molar-refractivity contribution is 0.102. The number of nitrogens with zero attached hydrogens (tertiary/aromatic N) is 1. The van der Waals surface area contributed by atoms with E-state index in [9.17, 15) is 18.0 Å². The summed E-state index contributed by atoms with van der Waals surface area (Å²) in [6.45, 7) is 4.46. The molecule has 3 aromatic rings. The number of carbonyl (C=O) groups excluding carboxylic acids is 2. The minimum absolute atomic E-state index is 0.171. The molecule has 1 heterocycles. The fraction of sp³-hybridized carbons (Fsp3) is 0.167. The van der Waals surface area contributed by atoms with Crippen LogP contribution in [0, 0.1) is 13.8 Å². The monoisotopic (exact) mass is 465 g/mol. The number of anilines is 3. The van der Waals surface area contributed by atoms with Gasteiger partial charge >= 0.3 is 6.09 Å². The van der Waals surface area contributed by atoms with Gasteiger partial charge in [-0.25, -0.2) is 13.2 Å². The van der Waals surface area contributed by atoms with Crippen LogP contribution >= 0.6 is 0 Å². The molecule has 0 unspecified atom stereocenters. The molecule has 0 radical (unpaired) electrons. The van der Waals surface area contributed by atoms with Crippen LogP contribution in [0.5, 0.6) is 0 Å². The number of sulfonamides is 1. The highest BCUT2D eigenvalue weighted by atomic mass is 32.2. The van der Waals surface area contributed by atoms with Crippen molar-refractivity contribution in [2.75, 3.05) is 28.1 Å². The van der Waals surface area contributed by atoms with Crippen LogP contribution < -0.4 is 14.9 Å². The van der Waals surface area contributed by atoms with Gasteiger partial charge in [0.05, 0.1) is 22.8 Å². The molecule has 0 aromatic heterocycles. The van der Waals surface area contributed by atoms with E-state index in [2.05, 4.69) is 10.0 Å². The Balaban J connectivity index is 1.48. The molecule has 0 saturated carbocycles. The van der Waals surface area contributed by atoms with E-state index in [1.165, 1.54) is 29.2 Å². The SMILES string of the molecule is Cc1ccc(S(=O)(=O)Nc2ccc(C(=O)Nc3ccccc3N3CCOC3=O)cc2)cc1C. The summed E-state index contributed by atoms with van der Waals surface area (Å²) in [6.07, 6.45) is -0.461. The highest BCUT2D eigenvalue weighted by Gasteiger charge is 2.26. The van der Waals surface area contributed by atoms with Crippen molar-refractivity contribution >= 4 is 39.1 Å². The predicted octanol–water partition coefficient (Wildman–Crippen LogP) is 4.31. The van der Waals surface area contributed by atoms with Gasteiger partial charge in [0, 0.05) is 11.3 Å². The summed E-state index contributed by atoms with van der Waals surface area (Å²) >= 11 is 0. The second-order valence-electron chi connectivity index (χ2n) is 7.67. The first-order valence-corrected chi connectivity index (χ1v) is 11.8. The third kappa shape index (κ3) is 4.83. The van der Waals surface area contributed by atoms with Crippen molar-refractivity contribution < 1.29 is 22.7 Å². The van der Waals surface area contributed by atoms with Gasteiger partial charge in [0.15, 0.2) is 0 Å². The lowest BCUT2D eigenvalue weighted by Gasteiger charge is -2.17. The number of benzene rings is 3. The van der Waals surface area contributed by atoms with E-state index < -0.39 is 22.0 Å². The summed E-state index contributed by atoms with van der Waals surface area (Å²) in [7, 11) is -3.75. The van der Waals surface area contributed by atoms with E-state index in [1.54, 1.807) is 42.5 Å². The van der Waals surface area contributed by atoms with E-state index in [0.29, 0.717) is 35.8 Å². The molecular formula is C24H23N3O5S. The van der Waals surface area contributed by atoms with Gasteiger partial charge < -0.3 is 10.1 Å². The van der Waals surface area contributed by atoms with Gasteiger partial charge in [0.1, 0.15) is 6.61 Å². The van der Waals surface area contributed by atoms with Crippen molar-refractivity contribution in [3.8, 4) is 0 Å². The maximum absolute atomic E-state index is 12.8. The fourth-order valence-corrected chi connectivity index (χ4v) is 4.55. The van der Waals surface area contributed by atoms with Crippen molar-refractivity contribution in [1.82, 2.24) is 0 Å². The highest BCUT2D eigenvalue weighted by molar-refractivity contribution is 7.92. The molecule has 1 aliphatic rings. The summed E-state index contributed by atoms with van der Waals surface area (Å²) in [5.41, 5.74) is 3.58. The van der Waals surface area contributed by atoms with E-state index in [0.717, 1.165) is 11.1 Å². The number of cyclic esters (lactones) is 1. The molecule has 170 valence electrons. The smallest absolute Gasteiger partial charge is 0.414 e. The van der Waals surface area contributed by atoms with Crippen LogP contribution in [0.3, 0.4) is 0 Å². The van der Waals surface area contributed by atoms with Gasteiger partial charge in [-0.1, -0.05) is 18.2 Å². The molecule has 9 heteroatoms. The molecule has 2 N–H and O–H groups in total. The summed E-state index contributed by atoms with van der Waals surface area (Å²) in [4.78, 5) is 26.3. The van der Waals surface area contributed by atoms with Crippen LogP contribution in [0.2, 0.25) is 0 Å². The number of rotatable bonds is 6. The Labute approximate surface area is 192 Å². The van der Waals surface area contributed by atoms with Gasteiger partial charge in [0.25, 0.3) is 15.9 Å². The Morgan fingerprint density at radius 1 is 0.970 bits per heavy atom. The molecule has 3 aromatic carbocycles. The Morgan fingerprint density at radius 3 is 2.36 bits per heavy atom. The number of hydrogen-bond acceptors (Lipinski definition) is 5. The third-order valence-corrected chi connectivity index (χ3v) is 6.77. The second-order valence-corrected chi connectivity index (χ2v) is 9.35. The highest BCUT2D eigenvalue weighted by Crippen LogP contribution is 2.28. The first kappa shape index (κ1) is 22.3. The predicted molar refractivity (Wildman–Crippen MR) is 126 cm³/mol. The van der Waals surface area contributed by atoms with Gasteiger partial charge in [-0.05, 0) is 73.5 Å². The maximum atomic E-state index is 12.8. The average Bonchev–Trinajstić information content (AvgIpc) is 3.21. The van der Waals surface area contributed by atoms with E-state index in [1.807, 2.05) is 13.8 Å². The van der Waals surface area contributed by atoms with Crippen LogP contribution in [0.15, 0.2) is 71.6 Å². The summed E-state index contributed by atoms with van der Waals surface area (Å²) < 4.78 is 32.9. The zero-order valence-electron chi connectivity index (χ0n) is 18.2. The number of para-hydroxylation sites is 2. The van der Waals surface area contributed by atoms with Crippen LogP contribution in [-0.2, 0) is 14.8 Å².